The molecule has 5 nitrogen and oxygen atoms in total. The fourth-order valence-electron chi connectivity index (χ4n) is 3.30. The van der Waals surface area contributed by atoms with Crippen molar-refractivity contribution in [2.45, 2.75) is 25.7 Å². The number of aromatic nitrogens is 1. The molecule has 3 aromatic rings. The monoisotopic (exact) mass is 365 g/mol. The van der Waals surface area contributed by atoms with Gasteiger partial charge in [0.1, 0.15) is 18.5 Å². The topological polar surface area (TPSA) is 49.8 Å². The molecule has 2 heterocycles. The molecule has 1 saturated heterocycles. The van der Waals surface area contributed by atoms with Gasteiger partial charge in [-0.15, -0.1) is 0 Å². The molecule has 140 valence electrons. The summed E-state index contributed by atoms with van der Waals surface area (Å²) < 4.78 is 22.8. The average molecular weight is 365 g/mol. The Hall–Kier alpha value is -2.63. The van der Waals surface area contributed by atoms with Crippen molar-refractivity contribution in [2.75, 3.05) is 20.3 Å². The molecule has 0 spiro atoms. The largest absolute Gasteiger partial charge is 0.497 e. The molecule has 2 aromatic carbocycles. The normalized spacial score (nSPS) is 18.6. The van der Waals surface area contributed by atoms with Crippen molar-refractivity contribution in [2.24, 2.45) is 0 Å². The average Bonchev–Trinajstić information content (AvgIpc) is 3.05. The van der Waals surface area contributed by atoms with Crippen LogP contribution in [-0.4, -0.2) is 37.2 Å². The van der Waals surface area contributed by atoms with Crippen molar-refractivity contribution in [1.82, 2.24) is 4.98 Å². The maximum absolute atomic E-state index is 6.00. The highest BCUT2D eigenvalue weighted by molar-refractivity contribution is 5.99. The van der Waals surface area contributed by atoms with E-state index in [1.807, 2.05) is 56.4 Å². The van der Waals surface area contributed by atoms with Gasteiger partial charge in [0.2, 0.25) is 5.88 Å². The van der Waals surface area contributed by atoms with Gasteiger partial charge in [-0.05, 0) is 37.6 Å². The summed E-state index contributed by atoms with van der Waals surface area (Å²) in [6, 6.07) is 16.1. The fraction of sp³-hybridized carbons (Fsp3) is 0.318. The summed E-state index contributed by atoms with van der Waals surface area (Å²) in [6.07, 6.45) is 1.74. The van der Waals surface area contributed by atoms with Crippen molar-refractivity contribution >= 4 is 10.8 Å². The summed E-state index contributed by atoms with van der Waals surface area (Å²) in [4.78, 5) is 4.58. The molecule has 1 atom stereocenters. The number of benzene rings is 2. The van der Waals surface area contributed by atoms with Gasteiger partial charge in [-0.3, -0.25) is 0 Å². The molecule has 0 saturated carbocycles. The van der Waals surface area contributed by atoms with E-state index in [1.165, 1.54) is 0 Å². The summed E-state index contributed by atoms with van der Waals surface area (Å²) in [5.41, 5.74) is 2.14. The SMILES string of the molecule is COc1ccc2c(OCC3COC(C)(C)O3)ncc(-c3ccccc3)c2c1. The lowest BCUT2D eigenvalue weighted by Gasteiger charge is -2.18. The van der Waals surface area contributed by atoms with Crippen LogP contribution in [0.15, 0.2) is 54.7 Å². The van der Waals surface area contributed by atoms with Gasteiger partial charge in [-0.25, -0.2) is 4.98 Å². The second-order valence-corrected chi connectivity index (χ2v) is 7.02. The van der Waals surface area contributed by atoms with E-state index in [1.54, 1.807) is 7.11 Å². The minimum absolute atomic E-state index is 0.108. The van der Waals surface area contributed by atoms with Crippen LogP contribution in [0.25, 0.3) is 21.9 Å². The van der Waals surface area contributed by atoms with E-state index in [9.17, 15) is 0 Å². The molecule has 0 amide bonds. The van der Waals surface area contributed by atoms with Crippen molar-refractivity contribution in [1.29, 1.82) is 0 Å². The zero-order valence-corrected chi connectivity index (χ0v) is 15.8. The van der Waals surface area contributed by atoms with Gasteiger partial charge in [0.25, 0.3) is 0 Å². The third kappa shape index (κ3) is 3.75. The first-order valence-electron chi connectivity index (χ1n) is 9.02. The van der Waals surface area contributed by atoms with Crippen molar-refractivity contribution in [3.8, 4) is 22.8 Å². The van der Waals surface area contributed by atoms with Crippen LogP contribution in [-0.2, 0) is 9.47 Å². The standard InChI is InChI=1S/C22H23NO4/c1-22(2)26-14-17(27-22)13-25-21-18-10-9-16(24-3)11-19(18)20(12-23-21)15-7-5-4-6-8-15/h4-12,17H,13-14H2,1-3H3. The van der Waals surface area contributed by atoms with E-state index in [4.69, 9.17) is 18.9 Å². The Morgan fingerprint density at radius 1 is 1.11 bits per heavy atom. The second-order valence-electron chi connectivity index (χ2n) is 7.02. The minimum Gasteiger partial charge on any atom is -0.497 e. The Balaban J connectivity index is 1.68. The Bertz CT molecular complexity index is 940. The minimum atomic E-state index is -0.561. The van der Waals surface area contributed by atoms with E-state index in [0.717, 1.165) is 27.6 Å². The summed E-state index contributed by atoms with van der Waals surface area (Å²) in [6.45, 7) is 4.71. The highest BCUT2D eigenvalue weighted by Gasteiger charge is 2.33. The molecule has 1 fully saturated rings. The fourth-order valence-corrected chi connectivity index (χ4v) is 3.30. The molecular weight excluding hydrogens is 342 g/mol. The van der Waals surface area contributed by atoms with E-state index in [2.05, 4.69) is 17.1 Å². The molecule has 0 bridgehead atoms. The first kappa shape index (κ1) is 17.8. The molecule has 5 heteroatoms. The summed E-state index contributed by atoms with van der Waals surface area (Å²) in [5.74, 6) is 0.820. The zero-order chi connectivity index (χ0) is 18.9. The lowest BCUT2D eigenvalue weighted by molar-refractivity contribution is -0.141. The van der Waals surface area contributed by atoms with Crippen LogP contribution >= 0.6 is 0 Å². The molecule has 0 aliphatic carbocycles. The molecule has 4 rings (SSSR count). The predicted molar refractivity (Wildman–Crippen MR) is 104 cm³/mol. The van der Waals surface area contributed by atoms with Gasteiger partial charge in [-0.1, -0.05) is 30.3 Å². The third-order valence-corrected chi connectivity index (χ3v) is 4.62. The number of ether oxygens (including phenoxy) is 4. The highest BCUT2D eigenvalue weighted by atomic mass is 16.7. The molecule has 27 heavy (non-hydrogen) atoms. The Labute approximate surface area is 158 Å². The molecule has 0 radical (unpaired) electrons. The highest BCUT2D eigenvalue weighted by Crippen LogP contribution is 2.35. The predicted octanol–water partition coefficient (Wildman–Crippen LogP) is 4.44. The first-order valence-corrected chi connectivity index (χ1v) is 9.02. The third-order valence-electron chi connectivity index (χ3n) is 4.62. The number of hydrogen-bond donors (Lipinski definition) is 0. The number of rotatable bonds is 5. The number of pyridine rings is 1. The van der Waals surface area contributed by atoms with Crippen LogP contribution in [0.1, 0.15) is 13.8 Å². The van der Waals surface area contributed by atoms with Crippen LogP contribution in [0.4, 0.5) is 0 Å². The van der Waals surface area contributed by atoms with Gasteiger partial charge in [0.05, 0.1) is 13.7 Å². The van der Waals surface area contributed by atoms with Crippen LogP contribution in [0, 0.1) is 0 Å². The van der Waals surface area contributed by atoms with Crippen LogP contribution in [0.3, 0.4) is 0 Å². The van der Waals surface area contributed by atoms with Gasteiger partial charge < -0.3 is 18.9 Å². The van der Waals surface area contributed by atoms with E-state index < -0.39 is 5.79 Å². The Kier molecular flexibility index (Phi) is 4.72. The molecule has 1 aromatic heterocycles. The number of hydrogen-bond acceptors (Lipinski definition) is 5. The quantitative estimate of drug-likeness (QED) is 0.669. The van der Waals surface area contributed by atoms with Crippen LogP contribution in [0.5, 0.6) is 11.6 Å². The Morgan fingerprint density at radius 2 is 1.93 bits per heavy atom. The molecule has 1 aliphatic rings. The van der Waals surface area contributed by atoms with Gasteiger partial charge >= 0.3 is 0 Å². The van der Waals surface area contributed by atoms with Crippen molar-refractivity contribution < 1.29 is 18.9 Å². The van der Waals surface area contributed by atoms with E-state index in [0.29, 0.717) is 19.1 Å². The maximum Gasteiger partial charge on any atom is 0.221 e. The van der Waals surface area contributed by atoms with Crippen molar-refractivity contribution in [3.05, 3.63) is 54.7 Å². The number of methoxy groups -OCH3 is 1. The Morgan fingerprint density at radius 3 is 2.63 bits per heavy atom. The van der Waals surface area contributed by atoms with Gasteiger partial charge in [0, 0.05) is 22.5 Å². The lowest BCUT2D eigenvalue weighted by Crippen LogP contribution is -2.25. The molecular formula is C22H23NO4. The lowest BCUT2D eigenvalue weighted by atomic mass is 10.0. The van der Waals surface area contributed by atoms with E-state index in [-0.39, 0.29) is 6.10 Å². The van der Waals surface area contributed by atoms with Crippen LogP contribution < -0.4 is 9.47 Å². The number of fused-ring (bicyclic) bond motifs is 1. The van der Waals surface area contributed by atoms with Gasteiger partial charge in [0.15, 0.2) is 5.79 Å². The van der Waals surface area contributed by atoms with Crippen molar-refractivity contribution in [3.63, 3.8) is 0 Å². The molecule has 0 N–H and O–H groups in total. The van der Waals surface area contributed by atoms with Crippen LogP contribution in [0.2, 0.25) is 0 Å². The van der Waals surface area contributed by atoms with Gasteiger partial charge in [-0.2, -0.15) is 0 Å². The van der Waals surface area contributed by atoms with E-state index >= 15 is 0 Å². The smallest absolute Gasteiger partial charge is 0.221 e. The maximum atomic E-state index is 6.00. The molecule has 1 unspecified atom stereocenters. The second kappa shape index (κ2) is 7.18. The zero-order valence-electron chi connectivity index (χ0n) is 15.8. The summed E-state index contributed by atoms with van der Waals surface area (Å²) >= 11 is 0. The summed E-state index contributed by atoms with van der Waals surface area (Å²) in [5, 5.41) is 1.98. The molecule has 1 aliphatic heterocycles. The summed E-state index contributed by atoms with van der Waals surface area (Å²) in [7, 11) is 1.67. The first-order chi connectivity index (χ1) is 13.1. The number of nitrogens with zero attached hydrogens (tertiary/aromatic N) is 1.